The van der Waals surface area contributed by atoms with Crippen LogP contribution in [0, 0.1) is 12.8 Å². The topological polar surface area (TPSA) is 131 Å². The number of hydrogen-bond donors (Lipinski definition) is 2. The Morgan fingerprint density at radius 2 is 1.84 bits per heavy atom. The number of alkyl halides is 1. The van der Waals surface area contributed by atoms with Gasteiger partial charge in [-0.2, -0.15) is 0 Å². The van der Waals surface area contributed by atoms with Crippen molar-refractivity contribution in [3.8, 4) is 16.2 Å². The fourth-order valence-corrected chi connectivity index (χ4v) is 7.34. The molecular weight excluding hydrogens is 680 g/mol. The molecule has 2 aliphatic rings. The minimum Gasteiger partial charge on any atom is -0.493 e. The van der Waals surface area contributed by atoms with Gasteiger partial charge in [0.2, 0.25) is 11.8 Å². The number of halogens is 1. The molecule has 3 heterocycles. The van der Waals surface area contributed by atoms with Gasteiger partial charge < -0.3 is 34.4 Å². The van der Waals surface area contributed by atoms with Crippen molar-refractivity contribution in [3.63, 3.8) is 0 Å². The van der Waals surface area contributed by atoms with Crippen molar-refractivity contribution >= 4 is 40.7 Å². The number of carbonyl (C=O) groups is 3. The first-order valence-electron chi connectivity index (χ1n) is 17.2. The number of nitrogens with one attached hydrogen (secondary N) is 1. The molecule has 0 spiro atoms. The number of benzene rings is 2. The van der Waals surface area contributed by atoms with Gasteiger partial charge >= 0.3 is 0 Å². The van der Waals surface area contributed by atoms with Gasteiger partial charge in [0.05, 0.1) is 42.0 Å². The van der Waals surface area contributed by atoms with Gasteiger partial charge in [0, 0.05) is 62.7 Å². The first kappa shape index (κ1) is 37.7. The maximum absolute atomic E-state index is 14.1. The monoisotopic (exact) mass is 726 g/mol. The molecule has 2 N–H and O–H groups in total. The number of rotatable bonds is 18. The van der Waals surface area contributed by atoms with Gasteiger partial charge in [0.1, 0.15) is 17.8 Å². The third kappa shape index (κ3) is 9.21. The van der Waals surface area contributed by atoms with E-state index in [1.165, 1.54) is 4.90 Å². The van der Waals surface area contributed by atoms with E-state index in [-0.39, 0.29) is 43.1 Å². The number of aryl methyl sites for hydroxylation is 1. The van der Waals surface area contributed by atoms with Crippen LogP contribution in [0.15, 0.2) is 48.0 Å². The number of amides is 3. The predicted molar refractivity (Wildman–Crippen MR) is 192 cm³/mol. The van der Waals surface area contributed by atoms with Crippen LogP contribution in [-0.2, 0) is 32.2 Å². The van der Waals surface area contributed by atoms with Gasteiger partial charge in [0.25, 0.3) is 5.91 Å². The highest BCUT2D eigenvalue weighted by Crippen LogP contribution is 2.33. The maximum Gasteiger partial charge on any atom is 0.255 e. The highest BCUT2D eigenvalue weighted by molar-refractivity contribution is 7.13. The van der Waals surface area contributed by atoms with Crippen molar-refractivity contribution in [2.24, 2.45) is 5.92 Å². The van der Waals surface area contributed by atoms with Crippen molar-refractivity contribution in [2.45, 2.75) is 71.3 Å². The van der Waals surface area contributed by atoms with Gasteiger partial charge in [0.15, 0.2) is 0 Å². The Kier molecular flexibility index (Phi) is 13.6. The van der Waals surface area contributed by atoms with Gasteiger partial charge in [-0.05, 0) is 42.5 Å². The summed E-state index contributed by atoms with van der Waals surface area (Å²) in [6.07, 6.45) is 0.734. The largest absolute Gasteiger partial charge is 0.493 e. The SMILES string of the molecule is Cc1ncsc1-c1ccc(CNC(=O)[C@@H]2C[C@@H](O)CN2C(=O)[C@H](C(C)C)N2Cc3ccccc3C2=O)c(OCCCOCCOCCCCl)c1. The molecular formula is C37H47ClN4O7S. The van der Waals surface area contributed by atoms with Crippen LogP contribution in [0.4, 0.5) is 0 Å². The normalized spacial score (nSPS) is 17.8. The molecule has 0 unspecified atom stereocenters. The van der Waals surface area contributed by atoms with E-state index in [0.29, 0.717) is 63.2 Å². The number of aromatic nitrogens is 1. The molecule has 1 aromatic heterocycles. The Labute approximate surface area is 302 Å². The van der Waals surface area contributed by atoms with Gasteiger partial charge in [-0.25, -0.2) is 4.98 Å². The molecule has 0 radical (unpaired) electrons. The molecule has 1 saturated heterocycles. The Hall–Kier alpha value is -3.55. The van der Waals surface area contributed by atoms with Crippen molar-refractivity contribution in [1.29, 1.82) is 0 Å². The van der Waals surface area contributed by atoms with Crippen LogP contribution < -0.4 is 10.1 Å². The summed E-state index contributed by atoms with van der Waals surface area (Å²) in [5.41, 5.74) is 5.93. The summed E-state index contributed by atoms with van der Waals surface area (Å²) >= 11 is 7.22. The number of nitrogens with zero attached hydrogens (tertiary/aromatic N) is 3. The number of fused-ring (bicyclic) bond motifs is 1. The number of ether oxygens (including phenoxy) is 3. The Morgan fingerprint density at radius 3 is 2.54 bits per heavy atom. The molecule has 13 heteroatoms. The number of carbonyl (C=O) groups excluding carboxylic acids is 3. The second-order valence-electron chi connectivity index (χ2n) is 13.0. The van der Waals surface area contributed by atoms with Crippen LogP contribution in [-0.4, -0.2) is 101 Å². The maximum atomic E-state index is 14.1. The van der Waals surface area contributed by atoms with E-state index in [1.54, 1.807) is 27.8 Å². The lowest BCUT2D eigenvalue weighted by molar-refractivity contribution is -0.143. The Balaban J connectivity index is 1.23. The molecule has 50 heavy (non-hydrogen) atoms. The lowest BCUT2D eigenvalue weighted by Crippen LogP contribution is -2.55. The Morgan fingerprint density at radius 1 is 1.08 bits per heavy atom. The van der Waals surface area contributed by atoms with Crippen LogP contribution in [0.25, 0.3) is 10.4 Å². The molecule has 11 nitrogen and oxygen atoms in total. The smallest absolute Gasteiger partial charge is 0.255 e. The summed E-state index contributed by atoms with van der Waals surface area (Å²) in [4.78, 5) is 49.6. The molecule has 0 aliphatic carbocycles. The lowest BCUT2D eigenvalue weighted by atomic mass is 10.0. The lowest BCUT2D eigenvalue weighted by Gasteiger charge is -2.35. The minimum absolute atomic E-state index is 0.0218. The number of aliphatic hydroxyl groups is 1. The standard InChI is InChI=1S/C37H47ClN4O7S/c1-24(2)33(42-21-28-8-4-5-9-30(28)36(42)45)37(46)41-22-29(43)19-31(41)35(44)39-20-27-11-10-26(34-25(3)40-23-50-34)18-32(27)49-15-7-14-48-17-16-47-13-6-12-38/h4-5,8-11,18,23-24,29,31,33,43H,6-7,12-17,19-22H2,1-3H3,(H,39,44)/t29-,31+,33+/m1/s1. The van der Waals surface area contributed by atoms with Crippen LogP contribution in [0.3, 0.4) is 0 Å². The van der Waals surface area contributed by atoms with Crippen molar-refractivity contribution in [2.75, 3.05) is 45.5 Å². The van der Waals surface area contributed by atoms with Gasteiger partial charge in [-0.3, -0.25) is 14.4 Å². The molecule has 2 aromatic carbocycles. The summed E-state index contributed by atoms with van der Waals surface area (Å²) in [5.74, 6) is 0.0932. The molecule has 1 fully saturated rings. The highest BCUT2D eigenvalue weighted by atomic mass is 35.5. The quantitative estimate of drug-likeness (QED) is 0.141. The number of β-amino-alcohol motifs (C(OH)–C–C–N with tert-alkyl or cyclic N) is 1. The third-order valence-corrected chi connectivity index (χ3v) is 10.2. The molecule has 270 valence electrons. The fourth-order valence-electron chi connectivity index (χ4n) is 6.43. The van der Waals surface area contributed by atoms with E-state index in [2.05, 4.69) is 10.3 Å². The number of likely N-dealkylation sites (tertiary alicyclic amines) is 1. The van der Waals surface area contributed by atoms with E-state index in [0.717, 1.165) is 33.7 Å². The van der Waals surface area contributed by atoms with E-state index in [1.807, 2.05) is 57.2 Å². The molecule has 3 atom stereocenters. The van der Waals surface area contributed by atoms with E-state index in [4.69, 9.17) is 25.8 Å². The average molecular weight is 727 g/mol. The highest BCUT2D eigenvalue weighted by Gasteiger charge is 2.45. The fraction of sp³-hybridized carbons (Fsp3) is 0.514. The summed E-state index contributed by atoms with van der Waals surface area (Å²) in [5, 5.41) is 13.6. The van der Waals surface area contributed by atoms with Crippen molar-refractivity contribution < 1.29 is 33.7 Å². The van der Waals surface area contributed by atoms with Gasteiger partial charge in [-0.1, -0.05) is 44.2 Å². The van der Waals surface area contributed by atoms with E-state index in [9.17, 15) is 19.5 Å². The molecule has 5 rings (SSSR count). The molecule has 3 amide bonds. The van der Waals surface area contributed by atoms with Crippen LogP contribution in [0.1, 0.15) is 60.3 Å². The molecule has 0 saturated carbocycles. The predicted octanol–water partition coefficient (Wildman–Crippen LogP) is 4.81. The summed E-state index contributed by atoms with van der Waals surface area (Å²) in [6.45, 7) is 8.81. The number of hydrogen-bond acceptors (Lipinski definition) is 9. The molecule has 3 aromatic rings. The van der Waals surface area contributed by atoms with Crippen LogP contribution >= 0.6 is 22.9 Å². The third-order valence-electron chi connectivity index (χ3n) is 8.95. The molecule has 2 aliphatic heterocycles. The first-order chi connectivity index (χ1) is 24.2. The first-order valence-corrected chi connectivity index (χ1v) is 18.6. The number of aliphatic hydroxyl groups excluding tert-OH is 1. The van der Waals surface area contributed by atoms with Gasteiger partial charge in [-0.15, -0.1) is 22.9 Å². The molecule has 0 bridgehead atoms. The summed E-state index contributed by atoms with van der Waals surface area (Å²) in [7, 11) is 0. The summed E-state index contributed by atoms with van der Waals surface area (Å²) < 4.78 is 17.4. The zero-order valence-corrected chi connectivity index (χ0v) is 30.5. The second kappa shape index (κ2) is 18.1. The average Bonchev–Trinajstić information content (AvgIpc) is 3.81. The Bertz CT molecular complexity index is 1620. The van der Waals surface area contributed by atoms with Crippen molar-refractivity contribution in [1.82, 2.24) is 20.1 Å². The van der Waals surface area contributed by atoms with Crippen LogP contribution in [0.5, 0.6) is 5.75 Å². The number of thiazole rings is 1. The zero-order chi connectivity index (χ0) is 35.6. The van der Waals surface area contributed by atoms with E-state index < -0.39 is 18.2 Å². The van der Waals surface area contributed by atoms with Crippen molar-refractivity contribution in [3.05, 3.63) is 70.4 Å². The second-order valence-corrected chi connectivity index (χ2v) is 14.2. The van der Waals surface area contributed by atoms with E-state index >= 15 is 0 Å². The summed E-state index contributed by atoms with van der Waals surface area (Å²) in [6, 6.07) is 11.6. The zero-order valence-electron chi connectivity index (χ0n) is 28.9. The minimum atomic E-state index is -0.877. The van der Waals surface area contributed by atoms with Crippen LogP contribution in [0.2, 0.25) is 0 Å².